The lowest BCUT2D eigenvalue weighted by molar-refractivity contribution is -0.136. The summed E-state index contributed by atoms with van der Waals surface area (Å²) in [6.07, 6.45) is 1.39. The Morgan fingerprint density at radius 1 is 0.978 bits per heavy atom. The van der Waals surface area contributed by atoms with Gasteiger partial charge in [0.1, 0.15) is 17.3 Å². The van der Waals surface area contributed by atoms with Crippen LogP contribution in [0.4, 0.5) is 10.1 Å². The fourth-order valence-electron chi connectivity index (χ4n) is 4.88. The van der Waals surface area contributed by atoms with Crippen molar-refractivity contribution in [1.82, 2.24) is 4.31 Å². The Hall–Kier alpha value is -4.22. The molecule has 0 N–H and O–H groups in total. The lowest BCUT2D eigenvalue weighted by Crippen LogP contribution is -2.30. The molecule has 3 aromatic carbocycles. The van der Waals surface area contributed by atoms with Crippen LogP contribution in [0.25, 0.3) is 6.08 Å². The van der Waals surface area contributed by atoms with Crippen molar-refractivity contribution in [3.05, 3.63) is 134 Å². The van der Waals surface area contributed by atoms with E-state index in [4.69, 9.17) is 32.4 Å². The highest BCUT2D eigenvalue weighted by molar-refractivity contribution is 7.89. The normalized spacial score (nSPS) is 14.6. The first-order chi connectivity index (χ1) is 21.4. The number of sulfonamides is 1. The van der Waals surface area contributed by atoms with Crippen LogP contribution in [-0.2, 0) is 37.4 Å². The average molecular weight is 670 g/mol. The zero-order chi connectivity index (χ0) is 32.5. The van der Waals surface area contributed by atoms with Gasteiger partial charge in [-0.05, 0) is 86.2 Å². The van der Waals surface area contributed by atoms with Crippen LogP contribution < -0.4 is 4.90 Å². The van der Waals surface area contributed by atoms with Crippen LogP contribution in [0, 0.1) is 12.7 Å². The maximum atomic E-state index is 13.8. The van der Waals surface area contributed by atoms with Gasteiger partial charge in [-0.3, -0.25) is 9.69 Å². The van der Waals surface area contributed by atoms with Crippen LogP contribution in [0.2, 0.25) is 10.0 Å². The van der Waals surface area contributed by atoms with Crippen LogP contribution >= 0.6 is 23.2 Å². The first kappa shape index (κ1) is 32.2. The number of allylic oxidation sites excluding steroid dienone is 1. The molecule has 0 bridgehead atoms. The second kappa shape index (κ2) is 13.0. The molecule has 0 atom stereocenters. The van der Waals surface area contributed by atoms with Gasteiger partial charge >= 0.3 is 5.97 Å². The van der Waals surface area contributed by atoms with Gasteiger partial charge in [0.05, 0.1) is 29.7 Å². The van der Waals surface area contributed by atoms with Crippen molar-refractivity contribution < 1.29 is 31.6 Å². The number of nitrogens with zero attached hydrogens (tertiary/aromatic N) is 2. The number of ether oxygens (including phenoxy) is 1. The molecule has 0 fully saturated rings. The van der Waals surface area contributed by atoms with Gasteiger partial charge in [-0.15, -0.1) is 0 Å². The molecule has 45 heavy (non-hydrogen) atoms. The monoisotopic (exact) mass is 668 g/mol. The number of anilines is 1. The maximum Gasteiger partial charge on any atom is 0.340 e. The van der Waals surface area contributed by atoms with Crippen LogP contribution in [0.5, 0.6) is 0 Å². The molecule has 0 radical (unpaired) electrons. The molecule has 12 heteroatoms. The lowest BCUT2D eigenvalue weighted by atomic mass is 10.1. The van der Waals surface area contributed by atoms with Crippen molar-refractivity contribution in [2.24, 2.45) is 0 Å². The number of methoxy groups -OCH3 is 1. The number of amides is 1. The number of rotatable bonds is 9. The number of benzene rings is 3. The summed E-state index contributed by atoms with van der Waals surface area (Å²) < 4.78 is 53.3. The number of hydrogen-bond donors (Lipinski definition) is 0. The van der Waals surface area contributed by atoms with Crippen molar-refractivity contribution in [1.29, 1.82) is 0 Å². The standard InChI is InChI=1S/C33H27Cl2FN2O6S/c1-20-4-14-28(15-5-20)45(41,42)37(18-22-6-7-23(34)16-30(22)35)19-27-13-12-26(44-27)17-29-31(33(40)43-3)21(2)38(32(29)39)25-10-8-24(36)9-11-25/h4-17H,18-19H2,1-3H3/b29-17+. The Morgan fingerprint density at radius 3 is 2.31 bits per heavy atom. The third kappa shape index (κ3) is 6.74. The predicted octanol–water partition coefficient (Wildman–Crippen LogP) is 7.30. The Labute approximate surface area is 270 Å². The summed E-state index contributed by atoms with van der Waals surface area (Å²) in [5.74, 6) is -1.29. The Kier molecular flexibility index (Phi) is 9.31. The molecule has 232 valence electrons. The Balaban J connectivity index is 1.49. The molecule has 5 rings (SSSR count). The number of furan rings is 1. The fourth-order valence-corrected chi connectivity index (χ4v) is 6.73. The maximum absolute atomic E-state index is 13.8. The van der Waals surface area contributed by atoms with E-state index in [0.29, 0.717) is 27.0 Å². The summed E-state index contributed by atoms with van der Waals surface area (Å²) in [7, 11) is -2.82. The van der Waals surface area contributed by atoms with E-state index in [0.717, 1.165) is 5.56 Å². The highest BCUT2D eigenvalue weighted by atomic mass is 35.5. The second-order valence-electron chi connectivity index (χ2n) is 10.3. The zero-order valence-corrected chi connectivity index (χ0v) is 26.7. The number of aryl methyl sites for hydroxylation is 1. The van der Waals surface area contributed by atoms with Crippen LogP contribution in [0.1, 0.15) is 29.6 Å². The van der Waals surface area contributed by atoms with Gasteiger partial charge in [0.15, 0.2) is 0 Å². The summed E-state index contributed by atoms with van der Waals surface area (Å²) in [6.45, 7) is 3.18. The summed E-state index contributed by atoms with van der Waals surface area (Å²) in [4.78, 5) is 27.7. The van der Waals surface area contributed by atoms with Crippen LogP contribution in [-0.4, -0.2) is 31.7 Å². The number of halogens is 3. The molecule has 1 aromatic heterocycles. The van der Waals surface area contributed by atoms with Crippen molar-refractivity contribution in [3.63, 3.8) is 0 Å². The fraction of sp³-hybridized carbons (Fsp3) is 0.152. The molecule has 4 aromatic rings. The number of esters is 1. The Bertz CT molecular complexity index is 1950. The van der Waals surface area contributed by atoms with E-state index < -0.39 is 27.7 Å². The zero-order valence-electron chi connectivity index (χ0n) is 24.4. The van der Waals surface area contributed by atoms with Crippen molar-refractivity contribution in [3.8, 4) is 0 Å². The molecule has 0 spiro atoms. The average Bonchev–Trinajstić information content (AvgIpc) is 3.55. The summed E-state index contributed by atoms with van der Waals surface area (Å²) >= 11 is 12.5. The second-order valence-corrected chi connectivity index (χ2v) is 13.0. The van der Waals surface area contributed by atoms with Gasteiger partial charge in [-0.2, -0.15) is 4.31 Å². The summed E-state index contributed by atoms with van der Waals surface area (Å²) in [5.41, 5.74) is 2.12. The van der Waals surface area contributed by atoms with E-state index in [-0.39, 0.29) is 40.7 Å². The van der Waals surface area contributed by atoms with E-state index in [1.165, 1.54) is 64.9 Å². The minimum absolute atomic E-state index is 0.00153. The first-order valence-electron chi connectivity index (χ1n) is 13.6. The van der Waals surface area contributed by atoms with Gasteiger partial charge in [0, 0.05) is 28.0 Å². The SMILES string of the molecule is COC(=O)C1=C(C)N(c2ccc(F)cc2)C(=O)/C1=C/c1ccc(CN(Cc2ccc(Cl)cc2Cl)S(=O)(=O)c2ccc(C)cc2)o1. The molecule has 0 unspecified atom stereocenters. The van der Waals surface area contributed by atoms with Gasteiger partial charge in [-0.25, -0.2) is 17.6 Å². The molecule has 1 aliphatic heterocycles. The van der Waals surface area contributed by atoms with Gasteiger partial charge < -0.3 is 9.15 Å². The quantitative estimate of drug-likeness (QED) is 0.137. The molecule has 2 heterocycles. The minimum atomic E-state index is -4.02. The largest absolute Gasteiger partial charge is 0.465 e. The van der Waals surface area contributed by atoms with Gasteiger partial charge in [0.2, 0.25) is 10.0 Å². The summed E-state index contributed by atoms with van der Waals surface area (Å²) in [5, 5.41) is 0.717. The molecule has 8 nitrogen and oxygen atoms in total. The summed E-state index contributed by atoms with van der Waals surface area (Å²) in [6, 6.07) is 19.7. The molecule has 1 aliphatic rings. The van der Waals surface area contributed by atoms with E-state index in [9.17, 15) is 22.4 Å². The molecular weight excluding hydrogens is 642 g/mol. The predicted molar refractivity (Wildman–Crippen MR) is 169 cm³/mol. The van der Waals surface area contributed by atoms with Crippen molar-refractivity contribution in [2.45, 2.75) is 31.8 Å². The Morgan fingerprint density at radius 2 is 1.67 bits per heavy atom. The molecule has 0 saturated carbocycles. The smallest absolute Gasteiger partial charge is 0.340 e. The van der Waals surface area contributed by atoms with Crippen LogP contribution in [0.3, 0.4) is 0 Å². The molecular formula is C33H27Cl2FN2O6S. The van der Waals surface area contributed by atoms with E-state index in [1.54, 1.807) is 43.3 Å². The number of carbonyl (C=O) groups is 2. The van der Waals surface area contributed by atoms with E-state index in [2.05, 4.69) is 0 Å². The molecule has 0 saturated heterocycles. The topological polar surface area (TPSA) is 97.1 Å². The molecule has 1 amide bonds. The van der Waals surface area contributed by atoms with E-state index in [1.807, 2.05) is 6.92 Å². The number of carbonyl (C=O) groups excluding carboxylic acids is 2. The first-order valence-corrected chi connectivity index (χ1v) is 15.8. The number of hydrogen-bond acceptors (Lipinski definition) is 6. The van der Waals surface area contributed by atoms with Crippen LogP contribution in [0.15, 0.2) is 105 Å². The third-order valence-corrected chi connectivity index (χ3v) is 9.59. The molecule has 0 aliphatic carbocycles. The van der Waals surface area contributed by atoms with Gasteiger partial charge in [-0.1, -0.05) is 47.0 Å². The lowest BCUT2D eigenvalue weighted by Gasteiger charge is -2.22. The van der Waals surface area contributed by atoms with Crippen molar-refractivity contribution in [2.75, 3.05) is 12.0 Å². The highest BCUT2D eigenvalue weighted by Crippen LogP contribution is 2.36. The third-order valence-electron chi connectivity index (χ3n) is 7.20. The highest BCUT2D eigenvalue weighted by Gasteiger charge is 2.38. The van der Waals surface area contributed by atoms with Crippen molar-refractivity contribution >= 4 is 56.9 Å². The van der Waals surface area contributed by atoms with Gasteiger partial charge in [0.25, 0.3) is 5.91 Å². The van der Waals surface area contributed by atoms with E-state index >= 15 is 0 Å². The minimum Gasteiger partial charge on any atom is -0.465 e.